The zero-order chi connectivity index (χ0) is 15.2. The maximum absolute atomic E-state index is 11.5. The normalized spacial score (nSPS) is 21.0. The van der Waals surface area contributed by atoms with Crippen LogP contribution in [0.25, 0.3) is 0 Å². The van der Waals surface area contributed by atoms with Crippen LogP contribution in [0.1, 0.15) is 12.5 Å². The highest BCUT2D eigenvalue weighted by Crippen LogP contribution is 2.22. The topological polar surface area (TPSA) is 50.8 Å². The second kappa shape index (κ2) is 6.95. The predicted molar refractivity (Wildman–Crippen MR) is 81.8 cm³/mol. The van der Waals surface area contributed by atoms with Crippen molar-refractivity contribution >= 4 is 11.8 Å². The Labute approximate surface area is 124 Å². The molecule has 0 aromatic heterocycles. The van der Waals surface area contributed by atoms with E-state index in [1.807, 2.05) is 44.2 Å². The van der Waals surface area contributed by atoms with Crippen LogP contribution in [-0.4, -0.2) is 25.0 Å². The summed E-state index contributed by atoms with van der Waals surface area (Å²) in [4.78, 5) is 17.3. The molecule has 0 aliphatic carbocycles. The Morgan fingerprint density at radius 1 is 1.43 bits per heavy atom. The lowest BCUT2D eigenvalue weighted by Crippen LogP contribution is -2.46. The highest BCUT2D eigenvalue weighted by atomic mass is 16.7. The van der Waals surface area contributed by atoms with Gasteiger partial charge in [0.15, 0.2) is 6.23 Å². The van der Waals surface area contributed by atoms with Crippen LogP contribution in [0.4, 0.5) is 10.5 Å². The van der Waals surface area contributed by atoms with Crippen molar-refractivity contribution < 1.29 is 14.4 Å². The Hall–Kier alpha value is -2.27. The average molecular weight is 288 g/mol. The summed E-state index contributed by atoms with van der Waals surface area (Å²) >= 11 is 0. The number of aryl methyl sites for hydroxylation is 1. The van der Waals surface area contributed by atoms with Crippen LogP contribution in [0, 0.1) is 6.92 Å². The second-order valence-electron chi connectivity index (χ2n) is 4.84. The van der Waals surface area contributed by atoms with Gasteiger partial charge in [-0.1, -0.05) is 36.4 Å². The average Bonchev–Trinajstić information content (AvgIpc) is 2.48. The molecule has 1 aromatic rings. The van der Waals surface area contributed by atoms with E-state index in [1.54, 1.807) is 11.1 Å². The summed E-state index contributed by atoms with van der Waals surface area (Å²) < 4.78 is 4.88. The zero-order valence-corrected chi connectivity index (χ0v) is 12.3. The first-order valence-electron chi connectivity index (χ1n) is 6.85. The Morgan fingerprint density at radius 3 is 2.81 bits per heavy atom. The van der Waals surface area contributed by atoms with Crippen LogP contribution >= 0.6 is 0 Å². The molecule has 0 saturated heterocycles. The van der Waals surface area contributed by atoms with E-state index in [4.69, 9.17) is 9.57 Å². The van der Waals surface area contributed by atoms with Crippen LogP contribution in [0.15, 0.2) is 49.1 Å². The van der Waals surface area contributed by atoms with Gasteiger partial charge < -0.3 is 4.74 Å². The van der Waals surface area contributed by atoms with Crippen LogP contribution in [0.5, 0.6) is 0 Å². The van der Waals surface area contributed by atoms with E-state index in [-0.39, 0.29) is 12.6 Å². The van der Waals surface area contributed by atoms with Gasteiger partial charge in [-0.2, -0.15) is 0 Å². The smallest absolute Gasteiger partial charge is 0.409 e. The molecule has 2 rings (SSSR count). The number of hydrogen-bond donors (Lipinski definition) is 1. The molecule has 1 amide bonds. The molecular formula is C16H20N2O3. The molecule has 5 nitrogen and oxygen atoms in total. The summed E-state index contributed by atoms with van der Waals surface area (Å²) in [5, 5.41) is 4.39. The van der Waals surface area contributed by atoms with Gasteiger partial charge in [-0.3, -0.25) is 5.32 Å². The maximum Gasteiger partial charge on any atom is 0.409 e. The number of rotatable bonds is 4. The quantitative estimate of drug-likeness (QED) is 0.865. The number of alkyl carbamates (subject to hydrolysis) is 1. The predicted octanol–water partition coefficient (Wildman–Crippen LogP) is 2.93. The number of carbonyl (C=O) groups is 1. The molecular weight excluding hydrogens is 268 g/mol. The van der Waals surface area contributed by atoms with Gasteiger partial charge in [0.05, 0.1) is 11.7 Å². The highest BCUT2D eigenvalue weighted by Gasteiger charge is 2.23. The largest absolute Gasteiger partial charge is 0.445 e. The summed E-state index contributed by atoms with van der Waals surface area (Å²) in [5.74, 6) is 0. The fraction of sp³-hybridized carbons (Fsp3) is 0.312. The third-order valence-electron chi connectivity index (χ3n) is 3.04. The molecule has 0 saturated carbocycles. The van der Waals surface area contributed by atoms with Crippen LogP contribution in [-0.2, 0) is 9.57 Å². The van der Waals surface area contributed by atoms with Crippen molar-refractivity contribution in [1.82, 2.24) is 5.32 Å². The van der Waals surface area contributed by atoms with Gasteiger partial charge in [0.25, 0.3) is 0 Å². The summed E-state index contributed by atoms with van der Waals surface area (Å²) in [6, 6.07) is 8.08. The Bertz CT molecular complexity index is 525. The number of ether oxygens (including phenoxy) is 1. The molecule has 1 aliphatic rings. The van der Waals surface area contributed by atoms with E-state index >= 15 is 0 Å². The van der Waals surface area contributed by atoms with E-state index in [0.717, 1.165) is 5.69 Å². The summed E-state index contributed by atoms with van der Waals surface area (Å²) in [6.45, 7) is 7.71. The number of hydrogen-bond acceptors (Lipinski definition) is 4. The molecule has 5 heteroatoms. The van der Waals surface area contributed by atoms with Gasteiger partial charge in [0.2, 0.25) is 0 Å². The van der Waals surface area contributed by atoms with Crippen molar-refractivity contribution in [2.45, 2.75) is 26.1 Å². The van der Waals surface area contributed by atoms with E-state index in [9.17, 15) is 4.79 Å². The number of nitrogens with zero attached hydrogens (tertiary/aromatic N) is 1. The molecule has 2 unspecified atom stereocenters. The first-order chi connectivity index (χ1) is 10.1. The Kier molecular flexibility index (Phi) is 5.00. The number of carbonyl (C=O) groups excluding carboxylic acids is 1. The first-order valence-corrected chi connectivity index (χ1v) is 6.85. The van der Waals surface area contributed by atoms with Gasteiger partial charge in [-0.05, 0) is 32.1 Å². The number of nitrogens with one attached hydrogen (secondary N) is 1. The molecule has 21 heavy (non-hydrogen) atoms. The van der Waals surface area contributed by atoms with Crippen LogP contribution < -0.4 is 10.4 Å². The molecule has 2 atom stereocenters. The van der Waals surface area contributed by atoms with E-state index in [1.165, 1.54) is 11.6 Å². The summed E-state index contributed by atoms with van der Waals surface area (Å²) in [6.07, 6.45) is 4.19. The van der Waals surface area contributed by atoms with E-state index in [0.29, 0.717) is 0 Å². The molecule has 1 aromatic carbocycles. The Balaban J connectivity index is 2.01. The van der Waals surface area contributed by atoms with Crippen molar-refractivity contribution in [2.24, 2.45) is 0 Å². The van der Waals surface area contributed by atoms with Crippen LogP contribution in [0.3, 0.4) is 0 Å². The van der Waals surface area contributed by atoms with Gasteiger partial charge in [-0.25, -0.2) is 14.7 Å². The maximum atomic E-state index is 11.5. The van der Waals surface area contributed by atoms with Crippen molar-refractivity contribution in [2.75, 3.05) is 11.7 Å². The zero-order valence-electron chi connectivity index (χ0n) is 12.3. The minimum atomic E-state index is -0.556. The monoisotopic (exact) mass is 288 g/mol. The molecule has 0 radical (unpaired) electrons. The molecule has 0 fully saturated rings. The third kappa shape index (κ3) is 4.10. The van der Waals surface area contributed by atoms with Crippen molar-refractivity contribution in [3.63, 3.8) is 0 Å². The lowest BCUT2D eigenvalue weighted by molar-refractivity contribution is 0.0229. The molecule has 1 heterocycles. The third-order valence-corrected chi connectivity index (χ3v) is 3.04. The molecule has 1 aliphatic heterocycles. The van der Waals surface area contributed by atoms with Crippen LogP contribution in [0.2, 0.25) is 0 Å². The van der Waals surface area contributed by atoms with Gasteiger partial charge in [-0.15, -0.1) is 0 Å². The SMILES string of the molecule is C=CCOC(=O)NC1C=CC(C)N(c2ccc(C)cc2)O1. The molecule has 112 valence electrons. The fourth-order valence-electron chi connectivity index (χ4n) is 1.95. The summed E-state index contributed by atoms with van der Waals surface area (Å²) in [5.41, 5.74) is 2.12. The van der Waals surface area contributed by atoms with E-state index in [2.05, 4.69) is 11.9 Å². The molecule has 0 bridgehead atoms. The minimum Gasteiger partial charge on any atom is -0.445 e. The fourth-order valence-corrected chi connectivity index (χ4v) is 1.95. The van der Waals surface area contributed by atoms with Crippen molar-refractivity contribution in [3.8, 4) is 0 Å². The highest BCUT2D eigenvalue weighted by molar-refractivity contribution is 5.67. The number of benzene rings is 1. The Morgan fingerprint density at radius 2 is 2.14 bits per heavy atom. The number of amides is 1. The van der Waals surface area contributed by atoms with Crippen molar-refractivity contribution in [1.29, 1.82) is 0 Å². The minimum absolute atomic E-state index is 0.0787. The van der Waals surface area contributed by atoms with Crippen molar-refractivity contribution in [3.05, 3.63) is 54.6 Å². The molecule has 0 spiro atoms. The standard InChI is InChI=1S/C16H20N2O3/c1-4-11-20-16(19)17-15-10-7-13(3)18(21-15)14-8-5-12(2)6-9-14/h4-10,13,15H,1,11H2,2-3H3,(H,17,19). The lowest BCUT2D eigenvalue weighted by Gasteiger charge is -2.34. The van der Waals surface area contributed by atoms with Gasteiger partial charge >= 0.3 is 6.09 Å². The second-order valence-corrected chi connectivity index (χ2v) is 4.84. The van der Waals surface area contributed by atoms with E-state index < -0.39 is 12.3 Å². The lowest BCUT2D eigenvalue weighted by atomic mass is 10.2. The van der Waals surface area contributed by atoms with Gasteiger partial charge in [0, 0.05) is 0 Å². The van der Waals surface area contributed by atoms with Gasteiger partial charge in [0.1, 0.15) is 6.61 Å². The number of anilines is 1. The number of hydroxylamine groups is 1. The summed E-state index contributed by atoms with van der Waals surface area (Å²) in [7, 11) is 0. The first kappa shape index (κ1) is 15.1. The molecule has 1 N–H and O–H groups in total.